The molecule has 0 saturated heterocycles. The topological polar surface area (TPSA) is 196 Å². The summed E-state index contributed by atoms with van der Waals surface area (Å²) in [6.45, 7) is -1.31. The second kappa shape index (κ2) is 15.5. The monoisotopic (exact) mass is 558 g/mol. The lowest BCUT2D eigenvalue weighted by molar-refractivity contribution is -0.527. The van der Waals surface area contributed by atoms with Crippen LogP contribution in [-0.4, -0.2) is 90.1 Å². The predicted molar refractivity (Wildman–Crippen MR) is 128 cm³/mol. The summed E-state index contributed by atoms with van der Waals surface area (Å²) in [4.78, 5) is 21.3. The first-order valence-electron chi connectivity index (χ1n) is 11.1. The summed E-state index contributed by atoms with van der Waals surface area (Å²) < 4.78 is 33.9. The molecule has 1 unspecified atom stereocenters. The Labute approximate surface area is 218 Å². The lowest BCUT2D eigenvalue weighted by Gasteiger charge is -2.19. The summed E-state index contributed by atoms with van der Waals surface area (Å²) in [5.74, 6) is 0. The van der Waals surface area contributed by atoms with Crippen molar-refractivity contribution < 1.29 is 58.3 Å². The lowest BCUT2D eigenvalue weighted by atomic mass is 9.95. The summed E-state index contributed by atoms with van der Waals surface area (Å²) in [5, 5.41) is 43.7. The van der Waals surface area contributed by atoms with Crippen molar-refractivity contribution in [2.75, 3.05) is 32.7 Å². The molecule has 0 saturated carbocycles. The van der Waals surface area contributed by atoms with Gasteiger partial charge >= 0.3 is 6.16 Å². The van der Waals surface area contributed by atoms with E-state index in [-0.39, 0.29) is 37.6 Å². The quantitative estimate of drug-likeness (QED) is 0.0924. The number of hydrogen-bond donors (Lipinski definition) is 5. The minimum atomic E-state index is -3.43. The molecule has 0 heterocycles. The van der Waals surface area contributed by atoms with Gasteiger partial charge in [0, 0.05) is 11.8 Å². The smallest absolute Gasteiger partial charge is 0.434 e. The van der Waals surface area contributed by atoms with Gasteiger partial charge in [0.25, 0.3) is 0 Å². The number of carbonyl (C=O) groups is 1. The maximum absolute atomic E-state index is 12.2. The van der Waals surface area contributed by atoms with Crippen molar-refractivity contribution in [1.82, 2.24) is 10.8 Å². The molecule has 0 amide bonds. The first kappa shape index (κ1) is 31.3. The Morgan fingerprint density at radius 3 is 2.08 bits per heavy atom. The van der Waals surface area contributed by atoms with Crippen LogP contribution in [-0.2, 0) is 29.0 Å². The lowest BCUT2D eigenvalue weighted by Crippen LogP contribution is -2.31. The van der Waals surface area contributed by atoms with Gasteiger partial charge in [-0.25, -0.2) is 22.9 Å². The van der Waals surface area contributed by atoms with Gasteiger partial charge in [0.05, 0.1) is 28.9 Å². The highest BCUT2D eigenvalue weighted by atomic mass is 32.2. The number of benzene rings is 2. The Morgan fingerprint density at radius 1 is 0.895 bits per heavy atom. The van der Waals surface area contributed by atoms with E-state index in [0.717, 1.165) is 6.26 Å². The van der Waals surface area contributed by atoms with Gasteiger partial charge in [0.2, 0.25) is 0 Å². The second-order valence-electron chi connectivity index (χ2n) is 7.84. The number of sulfone groups is 1. The number of hydrogen-bond acceptors (Lipinski definition) is 14. The number of rotatable bonds is 15. The zero-order valence-corrected chi connectivity index (χ0v) is 21.2. The highest BCUT2D eigenvalue weighted by Gasteiger charge is 2.18. The Hall–Kier alpha value is -2.96. The average Bonchev–Trinajstić information content (AvgIpc) is 2.87. The van der Waals surface area contributed by atoms with Crippen LogP contribution in [0.4, 0.5) is 4.79 Å². The van der Waals surface area contributed by atoms with E-state index in [1.165, 1.54) is 12.1 Å². The van der Waals surface area contributed by atoms with Crippen molar-refractivity contribution in [3.05, 3.63) is 65.7 Å². The summed E-state index contributed by atoms with van der Waals surface area (Å²) >= 11 is 0. The van der Waals surface area contributed by atoms with Gasteiger partial charge < -0.3 is 14.6 Å². The Bertz CT molecular complexity index is 1140. The fourth-order valence-corrected chi connectivity index (χ4v) is 3.97. The number of nitrogens with zero attached hydrogens (tertiary/aromatic N) is 2. The molecule has 1 atom stereocenters. The van der Waals surface area contributed by atoms with Gasteiger partial charge in [-0.15, -0.1) is 0 Å². The number of aliphatic hydroxyl groups is 1. The summed E-state index contributed by atoms with van der Waals surface area (Å²) in [5.41, 5.74) is 2.10. The molecule has 0 aromatic heterocycles. The van der Waals surface area contributed by atoms with E-state index in [2.05, 4.69) is 9.68 Å². The van der Waals surface area contributed by atoms with E-state index in [4.69, 9.17) is 30.3 Å². The fourth-order valence-electron chi connectivity index (χ4n) is 3.34. The molecule has 0 bridgehead atoms. The van der Waals surface area contributed by atoms with Crippen LogP contribution in [0.25, 0.3) is 11.1 Å². The third kappa shape index (κ3) is 10.8. The van der Waals surface area contributed by atoms with Crippen LogP contribution in [0.1, 0.15) is 24.0 Å². The van der Waals surface area contributed by atoms with E-state index >= 15 is 0 Å². The molecule has 5 N–H and O–H groups in total. The van der Waals surface area contributed by atoms with Crippen LogP contribution < -0.4 is 0 Å². The SMILES string of the molecule is CS(=O)(=O)c1ccc(/C(COC(=O)OCCCC(CON(O)O)ON(O)O)=C(/CO)c2ccccc2)cc1. The molecule has 14 nitrogen and oxygen atoms in total. The van der Waals surface area contributed by atoms with E-state index in [1.807, 2.05) is 0 Å². The predicted octanol–water partition coefficient (Wildman–Crippen LogP) is 2.32. The van der Waals surface area contributed by atoms with Crippen LogP contribution in [0.2, 0.25) is 0 Å². The normalized spacial score (nSPS) is 13.4. The zero-order chi connectivity index (χ0) is 28.1. The van der Waals surface area contributed by atoms with Crippen molar-refractivity contribution >= 4 is 27.1 Å². The van der Waals surface area contributed by atoms with Gasteiger partial charge in [-0.1, -0.05) is 42.5 Å². The van der Waals surface area contributed by atoms with Crippen LogP contribution in [0.5, 0.6) is 0 Å². The van der Waals surface area contributed by atoms with E-state index in [1.54, 1.807) is 42.5 Å². The standard InChI is InChI=1S/C23H30N2O12S/c1-38(32,33)20-11-9-18(10-12-20)22(21(14-26)17-6-3-2-4-7-17)16-35-23(27)34-13-5-8-19(37-25(30)31)15-36-24(28)29/h2-4,6-7,9-12,19,26,28-31H,5,8,13-16H2,1H3/b22-21-. The molecule has 0 radical (unpaired) electrons. The van der Waals surface area contributed by atoms with E-state index in [9.17, 15) is 18.3 Å². The van der Waals surface area contributed by atoms with Crippen molar-refractivity contribution in [2.24, 2.45) is 0 Å². The van der Waals surface area contributed by atoms with Crippen molar-refractivity contribution in [1.29, 1.82) is 0 Å². The molecule has 15 heteroatoms. The Balaban J connectivity index is 2.07. The van der Waals surface area contributed by atoms with Crippen LogP contribution in [0.3, 0.4) is 0 Å². The van der Waals surface area contributed by atoms with E-state index in [0.29, 0.717) is 22.3 Å². The highest BCUT2D eigenvalue weighted by molar-refractivity contribution is 7.90. The Morgan fingerprint density at radius 2 is 1.53 bits per heavy atom. The van der Waals surface area contributed by atoms with Gasteiger partial charge in [-0.3, -0.25) is 20.8 Å². The number of ether oxygens (including phenoxy) is 2. The average molecular weight is 559 g/mol. The van der Waals surface area contributed by atoms with Gasteiger partial charge in [0.15, 0.2) is 9.84 Å². The molecule has 0 spiro atoms. The molecule has 210 valence electrons. The second-order valence-corrected chi connectivity index (χ2v) is 9.85. The molecule has 0 aliphatic heterocycles. The maximum Gasteiger partial charge on any atom is 0.508 e. The molecule has 2 aromatic rings. The Kier molecular flexibility index (Phi) is 12.7. The van der Waals surface area contributed by atoms with Crippen LogP contribution >= 0.6 is 0 Å². The van der Waals surface area contributed by atoms with Crippen molar-refractivity contribution in [3.8, 4) is 0 Å². The molecular weight excluding hydrogens is 528 g/mol. The van der Waals surface area contributed by atoms with E-state index < -0.39 is 39.5 Å². The molecule has 38 heavy (non-hydrogen) atoms. The van der Waals surface area contributed by atoms with Crippen LogP contribution in [0.15, 0.2) is 59.5 Å². The first-order valence-corrected chi connectivity index (χ1v) is 13.0. The highest BCUT2D eigenvalue weighted by Crippen LogP contribution is 2.27. The largest absolute Gasteiger partial charge is 0.508 e. The molecule has 0 aliphatic carbocycles. The minimum absolute atomic E-state index is 0.0548. The van der Waals surface area contributed by atoms with Gasteiger partial charge in [-0.2, -0.15) is 0 Å². The fraction of sp³-hybridized carbons (Fsp3) is 0.348. The molecule has 2 rings (SSSR count). The molecule has 0 fully saturated rings. The summed E-state index contributed by atoms with van der Waals surface area (Å²) in [7, 11) is -3.43. The van der Waals surface area contributed by atoms with Crippen LogP contribution in [0, 0.1) is 0 Å². The third-order valence-electron chi connectivity index (χ3n) is 5.12. The number of aliphatic hydroxyl groups excluding tert-OH is 1. The van der Waals surface area contributed by atoms with Crippen molar-refractivity contribution in [3.63, 3.8) is 0 Å². The summed E-state index contributed by atoms with van der Waals surface area (Å²) in [6, 6.07) is 14.8. The third-order valence-corrected chi connectivity index (χ3v) is 6.25. The first-order chi connectivity index (χ1) is 18.0. The van der Waals surface area contributed by atoms with Gasteiger partial charge in [-0.05, 0) is 41.7 Å². The molecule has 2 aromatic carbocycles. The zero-order valence-electron chi connectivity index (χ0n) is 20.4. The number of carbonyl (C=O) groups excluding carboxylic acids is 1. The molecular formula is C23H30N2O12S. The summed E-state index contributed by atoms with van der Waals surface area (Å²) in [6.07, 6.45) is -0.778. The van der Waals surface area contributed by atoms with Crippen molar-refractivity contribution in [2.45, 2.75) is 23.8 Å². The maximum atomic E-state index is 12.2. The minimum Gasteiger partial charge on any atom is -0.434 e. The molecule has 0 aliphatic rings. The van der Waals surface area contributed by atoms with Gasteiger partial charge in [0.1, 0.15) is 19.3 Å².